The summed E-state index contributed by atoms with van der Waals surface area (Å²) >= 11 is -2.74. The van der Waals surface area contributed by atoms with Crippen LogP contribution >= 0.6 is 0 Å². The minimum atomic E-state index is -2.74. The van der Waals surface area contributed by atoms with E-state index in [9.17, 15) is 13.2 Å². The van der Waals surface area contributed by atoms with Gasteiger partial charge in [0.2, 0.25) is 5.88 Å². The minimum absolute atomic E-state index is 0.0357. The summed E-state index contributed by atoms with van der Waals surface area (Å²) in [7, 11) is 3.02. The Morgan fingerprint density at radius 3 is 2.35 bits per heavy atom. The quantitative estimate of drug-likeness (QED) is 0.248. The summed E-state index contributed by atoms with van der Waals surface area (Å²) in [4.78, 5) is 26.3. The number of methoxy groups -OCH3 is 2. The second-order valence-corrected chi connectivity index (χ2v) is 8.77. The summed E-state index contributed by atoms with van der Waals surface area (Å²) < 4.78 is 57.7. The molecule has 40 heavy (non-hydrogen) atoms. The van der Waals surface area contributed by atoms with Crippen molar-refractivity contribution < 1.29 is 27.4 Å². The monoisotopic (exact) mass is 565 g/mol. The van der Waals surface area contributed by atoms with E-state index in [0.29, 0.717) is 41.2 Å². The van der Waals surface area contributed by atoms with Crippen molar-refractivity contribution in [2.75, 3.05) is 20.8 Å². The van der Waals surface area contributed by atoms with Gasteiger partial charge in [0, 0.05) is 17.3 Å². The molecule has 0 aliphatic rings. The number of nitrogens with one attached hydrogen (secondary N) is 1. The molecule has 1 aromatic carbocycles. The topological polar surface area (TPSA) is 162 Å². The number of halogens is 1. The van der Waals surface area contributed by atoms with Crippen LogP contribution in [-0.2, 0) is 11.3 Å². The normalized spacial score (nSPS) is 12.7. The molecular formula is C25H22FN8O5S-. The van der Waals surface area contributed by atoms with Crippen LogP contribution in [0.2, 0.25) is 0 Å². The predicted molar refractivity (Wildman–Crippen MR) is 140 cm³/mol. The van der Waals surface area contributed by atoms with Crippen LogP contribution in [0, 0.1) is 5.82 Å². The van der Waals surface area contributed by atoms with Gasteiger partial charge >= 0.3 is 0 Å². The zero-order chi connectivity index (χ0) is 28.2. The molecule has 4 aromatic heterocycles. The van der Waals surface area contributed by atoms with Gasteiger partial charge in [0.05, 0.1) is 45.1 Å². The van der Waals surface area contributed by atoms with E-state index in [1.165, 1.54) is 20.4 Å². The van der Waals surface area contributed by atoms with Gasteiger partial charge < -0.3 is 18.8 Å². The van der Waals surface area contributed by atoms with Gasteiger partial charge in [-0.2, -0.15) is 0 Å². The number of hydrogen-bond donors (Lipinski definition) is 1. The first-order valence-corrected chi connectivity index (χ1v) is 12.9. The second kappa shape index (κ2) is 11.6. The Balaban J connectivity index is 1.80. The van der Waals surface area contributed by atoms with E-state index >= 15 is 0 Å². The highest BCUT2D eigenvalue weighted by Crippen LogP contribution is 2.38. The largest absolute Gasteiger partial charge is 0.760 e. The maximum Gasteiger partial charge on any atom is 0.213 e. The predicted octanol–water partition coefficient (Wildman–Crippen LogP) is 2.70. The number of hydrogen-bond acceptors (Lipinski definition) is 11. The summed E-state index contributed by atoms with van der Waals surface area (Å²) in [6.07, 6.45) is 3.19. The number of aromatic nitrogens is 7. The molecule has 206 valence electrons. The fourth-order valence-corrected chi connectivity index (χ4v) is 4.44. The van der Waals surface area contributed by atoms with Gasteiger partial charge in [-0.05, 0) is 25.1 Å². The first-order chi connectivity index (χ1) is 19.4. The van der Waals surface area contributed by atoms with Crippen LogP contribution in [0.4, 0.5) is 4.39 Å². The third-order valence-corrected chi connectivity index (χ3v) is 6.10. The number of fused-ring (bicyclic) bond motifs is 1. The van der Waals surface area contributed by atoms with E-state index in [0.717, 1.165) is 12.4 Å². The summed E-state index contributed by atoms with van der Waals surface area (Å²) in [5.41, 5.74) is 1.47. The number of nitrogens with zero attached hydrogens (tertiary/aromatic N) is 7. The van der Waals surface area contributed by atoms with Crippen LogP contribution < -0.4 is 18.9 Å². The number of imidazole rings is 1. The summed E-state index contributed by atoms with van der Waals surface area (Å²) in [5.74, 6) is 0.886. The number of ether oxygens (including phenoxy) is 3. The van der Waals surface area contributed by atoms with E-state index in [4.69, 9.17) is 24.2 Å². The summed E-state index contributed by atoms with van der Waals surface area (Å²) in [6, 6.07) is 9.32. The molecule has 0 spiro atoms. The van der Waals surface area contributed by atoms with Gasteiger partial charge in [-0.3, -0.25) is 8.78 Å². The van der Waals surface area contributed by atoms with Crippen LogP contribution in [0.25, 0.3) is 28.5 Å². The zero-order valence-corrected chi connectivity index (χ0v) is 22.3. The molecule has 4 heterocycles. The molecule has 5 aromatic rings. The van der Waals surface area contributed by atoms with E-state index in [-0.39, 0.29) is 22.8 Å². The van der Waals surface area contributed by atoms with Gasteiger partial charge in [-0.25, -0.2) is 39.0 Å². The molecule has 0 aliphatic heterocycles. The maximum absolute atomic E-state index is 13.5. The van der Waals surface area contributed by atoms with Gasteiger partial charge in [0.25, 0.3) is 0 Å². The lowest BCUT2D eigenvalue weighted by molar-refractivity contribution is 0.327. The summed E-state index contributed by atoms with van der Waals surface area (Å²) in [5, 5.41) is 0. The molecule has 0 aliphatic carbocycles. The molecule has 13 nitrogen and oxygen atoms in total. The third kappa shape index (κ3) is 5.29. The van der Waals surface area contributed by atoms with Crippen LogP contribution in [0.1, 0.15) is 24.5 Å². The lowest BCUT2D eigenvalue weighted by atomic mass is 10.2. The standard InChI is InChI=1S/C25H23FN8O5S/c1-4-39-19-10-5-7-15(30-19)24-32-23-25(34(24)21-17(37-2)8-6-9-18(21)38-3)31-16(13-29-23)20(33-40(35)36)22-27-11-14(26)12-28-22/h5-13,20,33H,4H2,1-3H3,(H,35,36)/p-1. The Kier molecular flexibility index (Phi) is 7.86. The van der Waals surface area contributed by atoms with Crippen molar-refractivity contribution in [3.63, 3.8) is 0 Å². The highest BCUT2D eigenvalue weighted by Gasteiger charge is 2.26. The first-order valence-electron chi connectivity index (χ1n) is 11.8. The highest BCUT2D eigenvalue weighted by atomic mass is 32.2. The van der Waals surface area contributed by atoms with Crippen molar-refractivity contribution in [2.24, 2.45) is 0 Å². The van der Waals surface area contributed by atoms with Gasteiger partial charge in [-0.15, -0.1) is 0 Å². The molecule has 1 N–H and O–H groups in total. The van der Waals surface area contributed by atoms with Gasteiger partial charge in [-0.1, -0.05) is 12.1 Å². The Labute approximate surface area is 229 Å². The average Bonchev–Trinajstić information content (AvgIpc) is 3.34. The van der Waals surface area contributed by atoms with Crippen LogP contribution in [-0.4, -0.2) is 64.1 Å². The Morgan fingerprint density at radius 1 is 1.00 bits per heavy atom. The van der Waals surface area contributed by atoms with Gasteiger partial charge in [0.15, 0.2) is 28.8 Å². The first kappa shape index (κ1) is 27.0. The third-order valence-electron chi connectivity index (χ3n) is 5.67. The van der Waals surface area contributed by atoms with Crippen molar-refractivity contribution in [2.45, 2.75) is 13.0 Å². The highest BCUT2D eigenvalue weighted by molar-refractivity contribution is 7.77. The van der Waals surface area contributed by atoms with Crippen molar-refractivity contribution in [3.8, 4) is 34.6 Å². The molecule has 0 bridgehead atoms. The molecule has 0 radical (unpaired) electrons. The molecule has 2 unspecified atom stereocenters. The zero-order valence-electron chi connectivity index (χ0n) is 21.4. The molecular weight excluding hydrogens is 543 g/mol. The Bertz CT molecular complexity index is 1660. The fourth-order valence-electron chi connectivity index (χ4n) is 4.02. The molecule has 0 saturated carbocycles. The van der Waals surface area contributed by atoms with Crippen LogP contribution in [0.15, 0.2) is 55.0 Å². The van der Waals surface area contributed by atoms with E-state index in [1.54, 1.807) is 41.0 Å². The van der Waals surface area contributed by atoms with E-state index < -0.39 is 23.1 Å². The van der Waals surface area contributed by atoms with Crippen molar-refractivity contribution in [3.05, 3.63) is 72.3 Å². The number of pyridine rings is 1. The molecule has 2 atom stereocenters. The minimum Gasteiger partial charge on any atom is -0.760 e. The van der Waals surface area contributed by atoms with Crippen molar-refractivity contribution in [1.29, 1.82) is 0 Å². The molecule has 0 fully saturated rings. The maximum atomic E-state index is 13.5. The number of para-hydroxylation sites is 1. The average molecular weight is 566 g/mol. The molecule has 0 amide bonds. The van der Waals surface area contributed by atoms with Crippen molar-refractivity contribution >= 4 is 22.6 Å². The summed E-state index contributed by atoms with van der Waals surface area (Å²) in [6.45, 7) is 2.27. The van der Waals surface area contributed by atoms with Crippen LogP contribution in [0.5, 0.6) is 17.4 Å². The second-order valence-electron chi connectivity index (χ2n) is 8.06. The molecule has 5 rings (SSSR count). The Morgan fingerprint density at radius 2 is 1.70 bits per heavy atom. The number of rotatable bonds is 10. The van der Waals surface area contributed by atoms with Gasteiger partial charge in [0.1, 0.15) is 28.9 Å². The molecule has 0 saturated heterocycles. The number of benzene rings is 1. The lowest BCUT2D eigenvalue weighted by Crippen LogP contribution is -2.27. The molecule has 15 heteroatoms. The Hall–Kier alpha value is -4.60. The van der Waals surface area contributed by atoms with E-state index in [2.05, 4.69) is 24.7 Å². The van der Waals surface area contributed by atoms with Crippen molar-refractivity contribution in [1.82, 2.24) is 39.2 Å². The smallest absolute Gasteiger partial charge is 0.213 e. The van der Waals surface area contributed by atoms with E-state index in [1.807, 2.05) is 6.92 Å². The van der Waals surface area contributed by atoms with Crippen LogP contribution in [0.3, 0.4) is 0 Å². The lowest BCUT2D eigenvalue weighted by Gasteiger charge is -2.19. The fraction of sp³-hybridized carbons (Fsp3) is 0.200. The SMILES string of the molecule is CCOc1cccc(-c2nc3ncc(C(NS(=O)[O-])c4ncc(F)cn4)nc3n2-c2c(OC)cccc2OC)n1.